The molecule has 0 aromatic heterocycles. The first-order valence-corrected chi connectivity index (χ1v) is 7.27. The van der Waals surface area contributed by atoms with E-state index in [9.17, 15) is 22.8 Å². The molecule has 2 amide bonds. The second-order valence-electron chi connectivity index (χ2n) is 6.64. The zero-order valence-electron chi connectivity index (χ0n) is 13.2. The Morgan fingerprint density at radius 1 is 1.26 bits per heavy atom. The van der Waals surface area contributed by atoms with Gasteiger partial charge in [-0.2, -0.15) is 13.2 Å². The van der Waals surface area contributed by atoms with Gasteiger partial charge in [0.1, 0.15) is 0 Å². The van der Waals surface area contributed by atoms with Gasteiger partial charge in [-0.25, -0.2) is 0 Å². The van der Waals surface area contributed by atoms with Gasteiger partial charge >= 0.3 is 6.18 Å². The lowest BCUT2D eigenvalue weighted by Crippen LogP contribution is -2.42. The Bertz CT molecular complexity index is 620. The molecule has 1 N–H and O–H groups in total. The van der Waals surface area contributed by atoms with Gasteiger partial charge in [0.2, 0.25) is 11.8 Å². The Morgan fingerprint density at radius 2 is 1.91 bits per heavy atom. The highest BCUT2D eigenvalue weighted by Gasteiger charge is 2.39. The number of anilines is 1. The molecule has 0 bridgehead atoms. The van der Waals surface area contributed by atoms with E-state index in [0.29, 0.717) is 0 Å². The maximum atomic E-state index is 12.7. The van der Waals surface area contributed by atoms with E-state index in [-0.39, 0.29) is 30.1 Å². The van der Waals surface area contributed by atoms with Crippen molar-refractivity contribution in [3.8, 4) is 0 Å². The quantitative estimate of drug-likeness (QED) is 0.906. The van der Waals surface area contributed by atoms with E-state index in [2.05, 4.69) is 5.32 Å². The van der Waals surface area contributed by atoms with E-state index in [1.807, 2.05) is 20.8 Å². The molecule has 126 valence electrons. The smallest absolute Gasteiger partial charge is 0.337 e. The van der Waals surface area contributed by atoms with Crippen LogP contribution in [0.1, 0.15) is 32.8 Å². The molecule has 1 fully saturated rings. The van der Waals surface area contributed by atoms with Crippen molar-refractivity contribution in [2.75, 3.05) is 11.9 Å². The van der Waals surface area contributed by atoms with E-state index in [4.69, 9.17) is 0 Å². The third kappa shape index (κ3) is 4.03. The van der Waals surface area contributed by atoms with Crippen molar-refractivity contribution in [1.82, 2.24) is 4.90 Å². The summed E-state index contributed by atoms with van der Waals surface area (Å²) in [4.78, 5) is 25.8. The molecule has 1 unspecified atom stereocenters. The van der Waals surface area contributed by atoms with Gasteiger partial charge in [-0.15, -0.1) is 0 Å². The van der Waals surface area contributed by atoms with Crippen LogP contribution < -0.4 is 5.32 Å². The molecule has 0 radical (unpaired) electrons. The summed E-state index contributed by atoms with van der Waals surface area (Å²) in [5.74, 6) is -1.12. The van der Waals surface area contributed by atoms with E-state index < -0.39 is 23.6 Å². The van der Waals surface area contributed by atoms with Crippen LogP contribution in [-0.2, 0) is 15.8 Å². The van der Waals surface area contributed by atoms with Gasteiger partial charge < -0.3 is 10.2 Å². The number of carbonyl (C=O) groups excluding carboxylic acids is 2. The first-order chi connectivity index (χ1) is 10.5. The minimum atomic E-state index is -4.47. The fourth-order valence-corrected chi connectivity index (χ4v) is 2.55. The Morgan fingerprint density at radius 3 is 2.43 bits per heavy atom. The number of hydrogen-bond acceptors (Lipinski definition) is 2. The molecule has 1 atom stereocenters. The van der Waals surface area contributed by atoms with Crippen LogP contribution in [0.2, 0.25) is 0 Å². The maximum absolute atomic E-state index is 12.7. The second kappa shape index (κ2) is 5.86. The van der Waals surface area contributed by atoms with E-state index in [1.54, 1.807) is 4.90 Å². The Labute approximate surface area is 132 Å². The van der Waals surface area contributed by atoms with Gasteiger partial charge in [-0.1, -0.05) is 6.07 Å². The molecule has 0 aliphatic carbocycles. The van der Waals surface area contributed by atoms with Crippen LogP contribution in [0.5, 0.6) is 0 Å². The van der Waals surface area contributed by atoms with Crippen molar-refractivity contribution >= 4 is 17.5 Å². The molecule has 1 aliphatic heterocycles. The summed E-state index contributed by atoms with van der Waals surface area (Å²) >= 11 is 0. The molecule has 1 aliphatic rings. The van der Waals surface area contributed by atoms with Crippen LogP contribution in [0, 0.1) is 5.92 Å². The summed E-state index contributed by atoms with van der Waals surface area (Å²) < 4.78 is 38.0. The van der Waals surface area contributed by atoms with Crippen molar-refractivity contribution in [3.05, 3.63) is 29.8 Å². The summed E-state index contributed by atoms with van der Waals surface area (Å²) in [7, 11) is 0. The lowest BCUT2D eigenvalue weighted by Gasteiger charge is -2.31. The molecule has 1 aromatic rings. The number of benzene rings is 1. The van der Waals surface area contributed by atoms with Crippen LogP contribution in [0.25, 0.3) is 0 Å². The number of alkyl halides is 3. The van der Waals surface area contributed by atoms with E-state index in [1.165, 1.54) is 12.1 Å². The molecule has 0 saturated carbocycles. The monoisotopic (exact) mass is 328 g/mol. The van der Waals surface area contributed by atoms with Crippen LogP contribution in [0.3, 0.4) is 0 Å². The number of nitrogens with one attached hydrogen (secondary N) is 1. The highest BCUT2D eigenvalue weighted by atomic mass is 19.4. The van der Waals surface area contributed by atoms with Crippen molar-refractivity contribution in [2.24, 2.45) is 5.92 Å². The minimum Gasteiger partial charge on any atom is -0.337 e. The van der Waals surface area contributed by atoms with Crippen molar-refractivity contribution in [2.45, 2.75) is 38.9 Å². The molecule has 1 heterocycles. The van der Waals surface area contributed by atoms with Crippen molar-refractivity contribution < 1.29 is 22.8 Å². The highest BCUT2D eigenvalue weighted by molar-refractivity contribution is 5.97. The number of likely N-dealkylation sites (tertiary alicyclic amines) is 1. The predicted octanol–water partition coefficient (Wildman–Crippen LogP) is 3.29. The van der Waals surface area contributed by atoms with Gasteiger partial charge in [0, 0.05) is 24.2 Å². The summed E-state index contributed by atoms with van der Waals surface area (Å²) in [6.45, 7) is 5.89. The van der Waals surface area contributed by atoms with E-state index >= 15 is 0 Å². The van der Waals surface area contributed by atoms with Crippen molar-refractivity contribution in [3.63, 3.8) is 0 Å². The molecular weight excluding hydrogens is 309 g/mol. The van der Waals surface area contributed by atoms with Crippen LogP contribution in [-0.4, -0.2) is 28.8 Å². The van der Waals surface area contributed by atoms with Gasteiger partial charge in [0.25, 0.3) is 0 Å². The number of nitrogens with zero attached hydrogens (tertiary/aromatic N) is 1. The van der Waals surface area contributed by atoms with Crippen molar-refractivity contribution in [1.29, 1.82) is 0 Å². The maximum Gasteiger partial charge on any atom is 0.416 e. The normalized spacial score (nSPS) is 19.1. The summed E-state index contributed by atoms with van der Waals surface area (Å²) in [6.07, 6.45) is -4.39. The molecule has 1 saturated heterocycles. The molecule has 4 nitrogen and oxygen atoms in total. The number of amides is 2. The number of hydrogen-bond donors (Lipinski definition) is 1. The third-order valence-electron chi connectivity index (χ3n) is 3.76. The Kier molecular flexibility index (Phi) is 4.41. The Balaban J connectivity index is 2.08. The standard InChI is InChI=1S/C16H19F3N2O2/c1-15(2,3)21-9-10(7-13(21)22)14(23)20-12-6-4-5-11(8-12)16(17,18)19/h4-6,8,10H,7,9H2,1-3H3,(H,20,23). The minimum absolute atomic E-state index is 0.0715. The van der Waals surface area contributed by atoms with Gasteiger partial charge in [-0.3, -0.25) is 9.59 Å². The first-order valence-electron chi connectivity index (χ1n) is 7.27. The number of halogens is 3. The average molecular weight is 328 g/mol. The molecule has 2 rings (SSSR count). The topological polar surface area (TPSA) is 49.4 Å². The highest BCUT2D eigenvalue weighted by Crippen LogP contribution is 2.31. The summed E-state index contributed by atoms with van der Waals surface area (Å²) in [6, 6.07) is 4.46. The number of rotatable bonds is 2. The molecular formula is C16H19F3N2O2. The summed E-state index contributed by atoms with van der Waals surface area (Å²) in [5.41, 5.74) is -1.14. The molecule has 23 heavy (non-hydrogen) atoms. The summed E-state index contributed by atoms with van der Waals surface area (Å²) in [5, 5.41) is 2.47. The fraction of sp³-hybridized carbons (Fsp3) is 0.500. The second-order valence-corrected chi connectivity index (χ2v) is 6.64. The fourth-order valence-electron chi connectivity index (χ4n) is 2.55. The molecule has 1 aromatic carbocycles. The largest absolute Gasteiger partial charge is 0.416 e. The van der Waals surface area contributed by atoms with Gasteiger partial charge in [-0.05, 0) is 39.0 Å². The number of carbonyl (C=O) groups is 2. The van der Waals surface area contributed by atoms with Crippen LogP contribution >= 0.6 is 0 Å². The third-order valence-corrected chi connectivity index (χ3v) is 3.76. The predicted molar refractivity (Wildman–Crippen MR) is 79.6 cm³/mol. The zero-order valence-corrected chi connectivity index (χ0v) is 13.2. The lowest BCUT2D eigenvalue weighted by atomic mass is 10.1. The van der Waals surface area contributed by atoms with Gasteiger partial charge in [0.05, 0.1) is 11.5 Å². The van der Waals surface area contributed by atoms with E-state index in [0.717, 1.165) is 12.1 Å². The zero-order chi connectivity index (χ0) is 17.4. The molecule has 0 spiro atoms. The van der Waals surface area contributed by atoms with Crippen LogP contribution in [0.4, 0.5) is 18.9 Å². The lowest BCUT2D eigenvalue weighted by molar-refractivity contribution is -0.137. The molecule has 7 heteroatoms. The first kappa shape index (κ1) is 17.3. The SMILES string of the molecule is CC(C)(C)N1CC(C(=O)Nc2cccc(C(F)(F)F)c2)CC1=O. The average Bonchev–Trinajstić information content (AvgIpc) is 2.80. The Hall–Kier alpha value is -2.05. The van der Waals surface area contributed by atoms with Crippen LogP contribution in [0.15, 0.2) is 24.3 Å². The van der Waals surface area contributed by atoms with Gasteiger partial charge in [0.15, 0.2) is 0 Å².